The zero-order valence-electron chi connectivity index (χ0n) is 16.4. The Labute approximate surface area is 183 Å². The molecule has 1 fully saturated rings. The number of nitrogens with zero attached hydrogens (tertiary/aromatic N) is 5. The first-order chi connectivity index (χ1) is 14.5. The molecule has 154 valence electrons. The normalized spacial score (nSPS) is 17.1. The summed E-state index contributed by atoms with van der Waals surface area (Å²) in [5.41, 5.74) is 2.33. The van der Waals surface area contributed by atoms with Gasteiger partial charge in [0.1, 0.15) is 0 Å². The van der Waals surface area contributed by atoms with Crippen LogP contribution in [0.4, 0.5) is 0 Å². The highest BCUT2D eigenvalue weighted by Gasteiger charge is 2.33. The molecule has 0 spiro atoms. The van der Waals surface area contributed by atoms with E-state index in [1.807, 2.05) is 31.2 Å². The van der Waals surface area contributed by atoms with Crippen molar-refractivity contribution in [3.8, 4) is 5.69 Å². The van der Waals surface area contributed by atoms with Gasteiger partial charge in [-0.3, -0.25) is 14.5 Å². The maximum absolute atomic E-state index is 13.2. The summed E-state index contributed by atoms with van der Waals surface area (Å²) in [6.07, 6.45) is 2.28. The summed E-state index contributed by atoms with van der Waals surface area (Å²) in [5, 5.41) is 12.7. The molecule has 30 heavy (non-hydrogen) atoms. The molecule has 0 bridgehead atoms. The molecule has 1 saturated heterocycles. The van der Waals surface area contributed by atoms with Gasteiger partial charge in [0.2, 0.25) is 11.1 Å². The van der Waals surface area contributed by atoms with Gasteiger partial charge in [-0.1, -0.05) is 48.0 Å². The molecule has 1 aliphatic rings. The van der Waals surface area contributed by atoms with E-state index in [9.17, 15) is 9.59 Å². The molecule has 3 aromatic rings. The molecule has 2 amide bonds. The predicted octanol–water partition coefficient (Wildman–Crippen LogP) is 3.94. The second kappa shape index (κ2) is 8.97. The molecule has 1 atom stereocenters. The largest absolute Gasteiger partial charge is 0.278 e. The smallest absolute Gasteiger partial charge is 0.260 e. The number of halogens is 1. The highest BCUT2D eigenvalue weighted by atomic mass is 35.5. The van der Waals surface area contributed by atoms with Crippen molar-refractivity contribution in [1.82, 2.24) is 25.1 Å². The number of carbonyl (C=O) groups is 2. The fourth-order valence-electron chi connectivity index (χ4n) is 3.40. The van der Waals surface area contributed by atoms with E-state index < -0.39 is 5.25 Å². The number of hydrogen-bond donors (Lipinski definition) is 0. The Bertz CT molecular complexity index is 1070. The summed E-state index contributed by atoms with van der Waals surface area (Å²) in [6.45, 7) is 2.38. The molecule has 0 aliphatic carbocycles. The van der Waals surface area contributed by atoms with Crippen molar-refractivity contribution in [2.75, 3.05) is 6.54 Å². The number of aromatic nitrogens is 4. The van der Waals surface area contributed by atoms with Crippen LogP contribution in [0, 0.1) is 6.92 Å². The van der Waals surface area contributed by atoms with Crippen molar-refractivity contribution in [2.24, 2.45) is 0 Å². The van der Waals surface area contributed by atoms with E-state index in [2.05, 4.69) is 15.5 Å². The molecular formula is C21H20ClN5O2S. The number of amides is 2. The molecule has 4 rings (SSSR count). The van der Waals surface area contributed by atoms with Gasteiger partial charge in [0.05, 0.1) is 10.9 Å². The molecule has 1 aliphatic heterocycles. The lowest BCUT2D eigenvalue weighted by molar-refractivity contribution is -0.127. The van der Waals surface area contributed by atoms with E-state index in [0.717, 1.165) is 24.1 Å². The van der Waals surface area contributed by atoms with Crippen LogP contribution < -0.4 is 0 Å². The minimum atomic E-state index is -0.433. The van der Waals surface area contributed by atoms with E-state index in [-0.39, 0.29) is 11.8 Å². The third-order valence-corrected chi connectivity index (χ3v) is 6.45. The number of tetrazole rings is 1. The van der Waals surface area contributed by atoms with Crippen LogP contribution in [0.25, 0.3) is 5.69 Å². The Morgan fingerprint density at radius 2 is 1.90 bits per heavy atom. The maximum atomic E-state index is 13.2. The first kappa shape index (κ1) is 20.6. The summed E-state index contributed by atoms with van der Waals surface area (Å²) < 4.78 is 1.64. The van der Waals surface area contributed by atoms with Gasteiger partial charge in [0.25, 0.3) is 5.91 Å². The van der Waals surface area contributed by atoms with Gasteiger partial charge < -0.3 is 0 Å². The first-order valence-corrected chi connectivity index (χ1v) is 10.9. The van der Waals surface area contributed by atoms with Crippen molar-refractivity contribution < 1.29 is 9.59 Å². The van der Waals surface area contributed by atoms with Gasteiger partial charge in [-0.05, 0) is 66.1 Å². The summed E-state index contributed by atoms with van der Waals surface area (Å²) in [4.78, 5) is 27.6. The van der Waals surface area contributed by atoms with E-state index in [1.165, 1.54) is 16.7 Å². The van der Waals surface area contributed by atoms with Crippen molar-refractivity contribution in [1.29, 1.82) is 0 Å². The predicted molar refractivity (Wildman–Crippen MR) is 115 cm³/mol. The second-order valence-electron chi connectivity index (χ2n) is 7.06. The number of benzene rings is 2. The SMILES string of the molecule is Cc1ccccc1-n1nnnc1SC1CCCCN(C(=O)c2ccc(Cl)cc2)C1=O. The molecule has 7 nitrogen and oxygen atoms in total. The zero-order chi connectivity index (χ0) is 21.1. The topological polar surface area (TPSA) is 81.0 Å². The third kappa shape index (κ3) is 4.24. The van der Waals surface area contributed by atoms with E-state index in [1.54, 1.807) is 28.9 Å². The Morgan fingerprint density at radius 1 is 1.13 bits per heavy atom. The lowest BCUT2D eigenvalue weighted by Crippen LogP contribution is -2.41. The molecule has 0 radical (unpaired) electrons. The zero-order valence-corrected chi connectivity index (χ0v) is 17.9. The van der Waals surface area contributed by atoms with Crippen molar-refractivity contribution in [3.63, 3.8) is 0 Å². The standard InChI is InChI=1S/C21H20ClN5O2S/c1-14-6-2-3-7-17(14)27-21(23-24-25-27)30-18-8-4-5-13-26(20(18)29)19(28)15-9-11-16(22)12-10-15/h2-3,6-7,9-12,18H,4-5,8,13H2,1H3. The molecule has 2 heterocycles. The highest BCUT2D eigenvalue weighted by Crippen LogP contribution is 2.31. The first-order valence-electron chi connectivity index (χ1n) is 9.67. The molecule has 1 aromatic heterocycles. The molecule has 0 saturated carbocycles. The minimum absolute atomic E-state index is 0.211. The lowest BCUT2D eigenvalue weighted by Gasteiger charge is -2.22. The Hall–Kier alpha value is -2.71. The van der Waals surface area contributed by atoms with Crippen molar-refractivity contribution in [2.45, 2.75) is 36.6 Å². The molecule has 9 heteroatoms. The second-order valence-corrected chi connectivity index (χ2v) is 8.67. The fourth-order valence-corrected chi connectivity index (χ4v) is 4.61. The number of aryl methyl sites for hydroxylation is 1. The van der Waals surface area contributed by atoms with Gasteiger partial charge in [-0.15, -0.1) is 5.10 Å². The van der Waals surface area contributed by atoms with Gasteiger partial charge in [-0.2, -0.15) is 4.68 Å². The lowest BCUT2D eigenvalue weighted by atomic mass is 10.2. The van der Waals surface area contributed by atoms with Crippen LogP contribution in [0.1, 0.15) is 35.2 Å². The van der Waals surface area contributed by atoms with Crippen LogP contribution >= 0.6 is 23.4 Å². The van der Waals surface area contributed by atoms with Crippen LogP contribution in [0.15, 0.2) is 53.7 Å². The number of thioether (sulfide) groups is 1. The van der Waals surface area contributed by atoms with Gasteiger partial charge in [-0.25, -0.2) is 0 Å². The van der Waals surface area contributed by atoms with Crippen LogP contribution in [0.3, 0.4) is 0 Å². The molecule has 2 aromatic carbocycles. The summed E-state index contributed by atoms with van der Waals surface area (Å²) >= 11 is 7.22. The van der Waals surface area contributed by atoms with Crippen LogP contribution in [-0.2, 0) is 4.79 Å². The number of hydrogen-bond acceptors (Lipinski definition) is 6. The average molecular weight is 442 g/mol. The average Bonchev–Trinajstić information content (AvgIpc) is 3.12. The number of carbonyl (C=O) groups excluding carboxylic acids is 2. The van der Waals surface area contributed by atoms with Crippen LogP contribution in [-0.4, -0.2) is 48.7 Å². The van der Waals surface area contributed by atoms with Crippen molar-refractivity contribution in [3.05, 3.63) is 64.7 Å². The quantitative estimate of drug-likeness (QED) is 0.570. The minimum Gasteiger partial charge on any atom is -0.278 e. The number of rotatable bonds is 4. The van der Waals surface area contributed by atoms with Gasteiger partial charge in [0, 0.05) is 17.1 Å². The third-order valence-electron chi connectivity index (χ3n) is 5.01. The van der Waals surface area contributed by atoms with E-state index in [0.29, 0.717) is 28.7 Å². The van der Waals surface area contributed by atoms with Crippen LogP contribution in [0.5, 0.6) is 0 Å². The highest BCUT2D eigenvalue weighted by molar-refractivity contribution is 8.00. The number of imide groups is 1. The van der Waals surface area contributed by atoms with E-state index in [4.69, 9.17) is 11.6 Å². The maximum Gasteiger partial charge on any atom is 0.260 e. The Morgan fingerprint density at radius 3 is 2.67 bits per heavy atom. The van der Waals surface area contributed by atoms with Gasteiger partial charge in [0.15, 0.2) is 0 Å². The number of likely N-dealkylation sites (tertiary alicyclic amines) is 1. The Balaban J connectivity index is 1.57. The fraction of sp³-hybridized carbons (Fsp3) is 0.286. The number of para-hydroxylation sites is 1. The monoisotopic (exact) mass is 441 g/mol. The van der Waals surface area contributed by atoms with Crippen molar-refractivity contribution >= 4 is 35.2 Å². The summed E-state index contributed by atoms with van der Waals surface area (Å²) in [7, 11) is 0. The molecule has 0 N–H and O–H groups in total. The molecular weight excluding hydrogens is 422 g/mol. The van der Waals surface area contributed by atoms with Crippen LogP contribution in [0.2, 0.25) is 5.02 Å². The van der Waals surface area contributed by atoms with E-state index >= 15 is 0 Å². The summed E-state index contributed by atoms with van der Waals surface area (Å²) in [5.74, 6) is -0.514. The Kier molecular flexibility index (Phi) is 6.15. The van der Waals surface area contributed by atoms with Gasteiger partial charge >= 0.3 is 0 Å². The summed E-state index contributed by atoms with van der Waals surface area (Å²) in [6, 6.07) is 14.4. The molecule has 1 unspecified atom stereocenters.